The number of hydrogen-bond donors (Lipinski definition) is 3. The molecule has 2 heterocycles. The molecule has 2 saturated carbocycles. The van der Waals surface area contributed by atoms with Crippen LogP contribution < -0.4 is 10.5 Å². The van der Waals surface area contributed by atoms with Crippen LogP contribution in [0.4, 0.5) is 5.69 Å². The maximum atomic E-state index is 13.5. The Morgan fingerprint density at radius 2 is 2.06 bits per heavy atom. The number of phenolic OH excluding ortho intramolecular Hbond substituents is 1. The van der Waals surface area contributed by atoms with Crippen LogP contribution in [-0.2, 0) is 23.1 Å². The molecule has 7 nitrogen and oxygen atoms in total. The van der Waals surface area contributed by atoms with Gasteiger partial charge in [0.1, 0.15) is 6.10 Å². The van der Waals surface area contributed by atoms with Crippen LogP contribution in [0, 0.1) is 5.92 Å². The predicted octanol–water partition coefficient (Wildman–Crippen LogP) is 2.61. The number of aliphatic hydroxyl groups is 1. The van der Waals surface area contributed by atoms with Gasteiger partial charge in [-0.1, -0.05) is 18.2 Å². The number of nitrogens with zero attached hydrogens (tertiary/aromatic N) is 2. The summed E-state index contributed by atoms with van der Waals surface area (Å²) in [6.45, 7) is 1.96. The van der Waals surface area contributed by atoms with E-state index in [4.69, 9.17) is 10.5 Å². The second-order valence-electron chi connectivity index (χ2n) is 11.8. The fraction of sp³-hybridized carbons (Fsp3) is 0.552. The lowest BCUT2D eigenvalue weighted by Gasteiger charge is -2.64. The van der Waals surface area contributed by atoms with E-state index >= 15 is 0 Å². The number of ether oxygens (including phenoxy) is 1. The van der Waals surface area contributed by atoms with Crippen LogP contribution in [0.15, 0.2) is 36.4 Å². The van der Waals surface area contributed by atoms with E-state index in [9.17, 15) is 15.0 Å². The summed E-state index contributed by atoms with van der Waals surface area (Å²) in [5, 5.41) is 23.4. The summed E-state index contributed by atoms with van der Waals surface area (Å²) in [5.41, 5.74) is 8.09. The molecule has 2 aromatic rings. The molecule has 36 heavy (non-hydrogen) atoms. The van der Waals surface area contributed by atoms with Gasteiger partial charge in [-0.05, 0) is 80.3 Å². The Morgan fingerprint density at radius 1 is 1.22 bits per heavy atom. The van der Waals surface area contributed by atoms with Crippen molar-refractivity contribution >= 4 is 11.6 Å². The fourth-order valence-corrected chi connectivity index (χ4v) is 8.04. The molecule has 4 N–H and O–H groups in total. The Kier molecular flexibility index (Phi) is 4.75. The summed E-state index contributed by atoms with van der Waals surface area (Å²) in [4.78, 5) is 17.8. The van der Waals surface area contributed by atoms with Crippen LogP contribution in [0.2, 0.25) is 0 Å². The summed E-state index contributed by atoms with van der Waals surface area (Å²) in [5.74, 6) is 1.41. The van der Waals surface area contributed by atoms with Crippen molar-refractivity contribution < 1.29 is 19.7 Å². The van der Waals surface area contributed by atoms with Gasteiger partial charge in [0.25, 0.3) is 0 Å². The quantitative estimate of drug-likeness (QED) is 0.559. The predicted molar refractivity (Wildman–Crippen MR) is 136 cm³/mol. The number of nitrogen functional groups attached to an aromatic ring is 1. The second-order valence-corrected chi connectivity index (χ2v) is 11.8. The largest absolute Gasteiger partial charge is 0.504 e. The molecular formula is C29H35N3O4. The van der Waals surface area contributed by atoms with Crippen molar-refractivity contribution in [3.8, 4) is 11.5 Å². The van der Waals surface area contributed by atoms with Gasteiger partial charge in [-0.2, -0.15) is 0 Å². The van der Waals surface area contributed by atoms with Crippen LogP contribution in [0.3, 0.4) is 0 Å². The summed E-state index contributed by atoms with van der Waals surface area (Å²) >= 11 is 0. The molecular weight excluding hydrogens is 454 g/mol. The number of likely N-dealkylation sites (N-methyl/N-ethyl adjacent to an activating group) is 1. The summed E-state index contributed by atoms with van der Waals surface area (Å²) in [7, 11) is 1.86. The molecule has 0 radical (unpaired) electrons. The monoisotopic (exact) mass is 489 g/mol. The average molecular weight is 490 g/mol. The molecule has 2 aromatic carbocycles. The van der Waals surface area contributed by atoms with E-state index in [2.05, 4.69) is 4.90 Å². The molecule has 0 unspecified atom stereocenters. The van der Waals surface area contributed by atoms with Crippen LogP contribution >= 0.6 is 0 Å². The third-order valence-corrected chi connectivity index (χ3v) is 9.93. The van der Waals surface area contributed by atoms with Crippen molar-refractivity contribution in [3.05, 3.63) is 53.1 Å². The molecule has 1 spiro atoms. The first kappa shape index (κ1) is 22.4. The van der Waals surface area contributed by atoms with Crippen LogP contribution in [-0.4, -0.2) is 69.8 Å². The smallest absolute Gasteiger partial charge is 0.227 e. The molecule has 3 fully saturated rings. The SMILES string of the molecule is CN(C(=O)Cc1cccc(N)c1)[C@H]1CC[C@@]2(O)[C@@H]3Cc4ccc(O)c5c4[C@@]2(CCN3CC2CC2)[C@H]1O5. The Labute approximate surface area is 211 Å². The topological polar surface area (TPSA) is 99.3 Å². The van der Waals surface area contributed by atoms with E-state index in [1.807, 2.05) is 42.3 Å². The lowest BCUT2D eigenvalue weighted by Crippen LogP contribution is -2.78. The van der Waals surface area contributed by atoms with Gasteiger partial charge in [0.15, 0.2) is 11.5 Å². The zero-order valence-corrected chi connectivity index (χ0v) is 20.8. The van der Waals surface area contributed by atoms with Crippen molar-refractivity contribution in [2.75, 3.05) is 25.9 Å². The number of aromatic hydroxyl groups is 1. The van der Waals surface area contributed by atoms with Crippen molar-refractivity contribution in [2.24, 2.45) is 5.92 Å². The van der Waals surface area contributed by atoms with E-state index in [-0.39, 0.29) is 36.3 Å². The third kappa shape index (κ3) is 2.96. The lowest BCUT2D eigenvalue weighted by atomic mass is 9.48. The molecule has 3 aliphatic carbocycles. The standard InChI is InChI=1S/C29H35N3O4/c1-31(24(34)14-18-3-2-4-20(30)13-18)21-9-10-29(35)23-15-19-7-8-22(33)26-25(19)28(29,27(21)36-26)11-12-32(23)16-17-5-6-17/h2-4,7-8,13,17,21,23,27,33,35H,5-6,9-12,14-16,30H2,1H3/t21-,23-,27-,28-,29+/m0/s1. The highest BCUT2D eigenvalue weighted by Crippen LogP contribution is 2.66. The van der Waals surface area contributed by atoms with E-state index in [0.717, 1.165) is 43.0 Å². The van der Waals surface area contributed by atoms with E-state index in [1.54, 1.807) is 6.07 Å². The maximum absolute atomic E-state index is 13.5. The van der Waals surface area contributed by atoms with E-state index < -0.39 is 11.0 Å². The number of hydrogen-bond acceptors (Lipinski definition) is 6. The minimum Gasteiger partial charge on any atom is -0.504 e. The van der Waals surface area contributed by atoms with E-state index in [1.165, 1.54) is 18.4 Å². The van der Waals surface area contributed by atoms with Gasteiger partial charge in [-0.25, -0.2) is 0 Å². The number of benzene rings is 2. The molecule has 7 heteroatoms. The number of carbonyl (C=O) groups excluding carboxylic acids is 1. The molecule has 5 aliphatic rings. The Balaban J connectivity index is 1.26. The summed E-state index contributed by atoms with van der Waals surface area (Å²) in [6, 6.07) is 11.1. The number of likely N-dealkylation sites (tertiary alicyclic amines) is 1. The van der Waals surface area contributed by atoms with Crippen LogP contribution in [0.5, 0.6) is 11.5 Å². The zero-order valence-electron chi connectivity index (χ0n) is 20.8. The van der Waals surface area contributed by atoms with Gasteiger partial charge in [-0.15, -0.1) is 0 Å². The van der Waals surface area contributed by atoms with Crippen molar-refractivity contribution in [1.82, 2.24) is 9.80 Å². The second kappa shape index (κ2) is 7.62. The van der Waals surface area contributed by atoms with Gasteiger partial charge in [0.05, 0.1) is 23.5 Å². The maximum Gasteiger partial charge on any atom is 0.227 e. The van der Waals surface area contributed by atoms with Crippen molar-refractivity contribution in [2.45, 2.75) is 74.1 Å². The molecule has 0 aromatic heterocycles. The number of carbonyl (C=O) groups is 1. The minimum atomic E-state index is -0.939. The number of piperidine rings is 1. The van der Waals surface area contributed by atoms with Crippen molar-refractivity contribution in [3.63, 3.8) is 0 Å². The van der Waals surface area contributed by atoms with Gasteiger partial charge >= 0.3 is 0 Å². The van der Waals surface area contributed by atoms with Crippen LogP contribution in [0.25, 0.3) is 0 Å². The normalized spacial score (nSPS) is 34.1. The van der Waals surface area contributed by atoms with Crippen LogP contribution in [0.1, 0.15) is 48.8 Å². The van der Waals surface area contributed by atoms with E-state index in [0.29, 0.717) is 24.3 Å². The first-order valence-electron chi connectivity index (χ1n) is 13.4. The van der Waals surface area contributed by atoms with Gasteiger partial charge in [0.2, 0.25) is 5.91 Å². The Hall–Kier alpha value is -2.77. The number of phenols is 1. The molecule has 190 valence electrons. The molecule has 5 atom stereocenters. The minimum absolute atomic E-state index is 0.00923. The highest BCUT2D eigenvalue weighted by Gasteiger charge is 2.73. The Morgan fingerprint density at radius 3 is 2.83 bits per heavy atom. The third-order valence-electron chi connectivity index (χ3n) is 9.93. The molecule has 7 rings (SSSR count). The molecule has 1 amide bonds. The molecule has 1 saturated heterocycles. The highest BCUT2D eigenvalue weighted by atomic mass is 16.5. The number of anilines is 1. The average Bonchev–Trinajstić information content (AvgIpc) is 3.59. The zero-order chi connectivity index (χ0) is 24.8. The molecule has 2 bridgehead atoms. The van der Waals surface area contributed by atoms with Gasteiger partial charge in [0, 0.05) is 30.9 Å². The van der Waals surface area contributed by atoms with Gasteiger partial charge in [-0.3, -0.25) is 9.69 Å². The van der Waals surface area contributed by atoms with Gasteiger partial charge < -0.3 is 25.6 Å². The number of amides is 1. The number of nitrogens with two attached hydrogens (primary N) is 1. The number of rotatable bonds is 5. The fourth-order valence-electron chi connectivity index (χ4n) is 8.04. The summed E-state index contributed by atoms with van der Waals surface area (Å²) in [6.07, 6.45) is 5.29. The first-order valence-corrected chi connectivity index (χ1v) is 13.4. The first-order chi connectivity index (χ1) is 17.3. The van der Waals surface area contributed by atoms with Crippen molar-refractivity contribution in [1.29, 1.82) is 0 Å². The lowest BCUT2D eigenvalue weighted by molar-refractivity contribution is -0.200. The summed E-state index contributed by atoms with van der Waals surface area (Å²) < 4.78 is 6.61. The Bertz CT molecular complexity index is 1250. The highest BCUT2D eigenvalue weighted by molar-refractivity contribution is 5.79. The molecule has 2 aliphatic heterocycles.